The summed E-state index contributed by atoms with van der Waals surface area (Å²) in [6, 6.07) is 5.78. The summed E-state index contributed by atoms with van der Waals surface area (Å²) in [5, 5.41) is 10.3. The van der Waals surface area contributed by atoms with Crippen molar-refractivity contribution in [3.05, 3.63) is 29.3 Å². The van der Waals surface area contributed by atoms with Crippen molar-refractivity contribution in [2.45, 2.75) is 44.2 Å². The van der Waals surface area contributed by atoms with E-state index >= 15 is 0 Å². The molecule has 0 heterocycles. The van der Waals surface area contributed by atoms with E-state index in [2.05, 4.69) is 0 Å². The van der Waals surface area contributed by atoms with Gasteiger partial charge >= 0.3 is 0 Å². The molecule has 3 heteroatoms. The molecular formula is C14H21NO2. The number of ether oxygens (including phenoxy) is 1. The molecule has 0 amide bonds. The highest BCUT2D eigenvalue weighted by Gasteiger charge is 2.32. The van der Waals surface area contributed by atoms with Gasteiger partial charge in [0.15, 0.2) is 0 Å². The predicted octanol–water partition coefficient (Wildman–Crippen LogP) is 2.66. The smallest absolute Gasteiger partial charge is 0.126 e. The highest BCUT2D eigenvalue weighted by atomic mass is 16.5. The fourth-order valence-electron chi connectivity index (χ4n) is 2.72. The normalized spacial score (nSPS) is 19.2. The van der Waals surface area contributed by atoms with Crippen LogP contribution >= 0.6 is 0 Å². The van der Waals surface area contributed by atoms with Crippen LogP contribution in [0.15, 0.2) is 18.2 Å². The van der Waals surface area contributed by atoms with Crippen molar-refractivity contribution in [3.8, 4) is 5.75 Å². The maximum absolute atomic E-state index is 10.3. The Balaban J connectivity index is 2.34. The number of para-hydroxylation sites is 1. The molecule has 0 saturated heterocycles. The summed E-state index contributed by atoms with van der Waals surface area (Å²) in [4.78, 5) is 0. The van der Waals surface area contributed by atoms with Crippen LogP contribution in [0.1, 0.15) is 43.2 Å². The largest absolute Gasteiger partial charge is 0.507 e. The lowest BCUT2D eigenvalue weighted by Crippen LogP contribution is -2.38. The molecule has 1 aliphatic rings. The van der Waals surface area contributed by atoms with E-state index < -0.39 is 0 Å². The van der Waals surface area contributed by atoms with Crippen LogP contribution in [0.5, 0.6) is 5.75 Å². The SMILES string of the molecule is COCc1cccc(C2(N)CCCCC2)c1O. The van der Waals surface area contributed by atoms with Gasteiger partial charge in [0.2, 0.25) is 0 Å². The van der Waals surface area contributed by atoms with Gasteiger partial charge in [-0.15, -0.1) is 0 Å². The molecule has 2 rings (SSSR count). The van der Waals surface area contributed by atoms with E-state index in [0.717, 1.165) is 36.8 Å². The number of nitrogens with two attached hydrogens (primary N) is 1. The summed E-state index contributed by atoms with van der Waals surface area (Å²) >= 11 is 0. The lowest BCUT2D eigenvalue weighted by Gasteiger charge is -2.34. The third-order valence-electron chi connectivity index (χ3n) is 3.70. The number of methoxy groups -OCH3 is 1. The standard InChI is InChI=1S/C14H21NO2/c1-17-10-11-6-5-7-12(13(11)16)14(15)8-3-2-4-9-14/h5-7,16H,2-4,8-10,15H2,1H3. The second kappa shape index (κ2) is 5.07. The van der Waals surface area contributed by atoms with Gasteiger partial charge in [-0.3, -0.25) is 0 Å². The second-order valence-electron chi connectivity index (χ2n) is 4.96. The molecule has 0 radical (unpaired) electrons. The number of aromatic hydroxyl groups is 1. The average molecular weight is 235 g/mol. The molecule has 1 aliphatic carbocycles. The maximum atomic E-state index is 10.3. The number of hydrogen-bond donors (Lipinski definition) is 2. The minimum atomic E-state index is -0.355. The Morgan fingerprint density at radius 1 is 1.29 bits per heavy atom. The molecule has 3 N–H and O–H groups in total. The van der Waals surface area contributed by atoms with Gasteiger partial charge in [0.25, 0.3) is 0 Å². The Hall–Kier alpha value is -1.06. The van der Waals surface area contributed by atoms with E-state index in [0.29, 0.717) is 12.4 Å². The lowest BCUT2D eigenvalue weighted by molar-refractivity contribution is 0.181. The van der Waals surface area contributed by atoms with Crippen LogP contribution in [0.2, 0.25) is 0 Å². The molecule has 1 fully saturated rings. The monoisotopic (exact) mass is 235 g/mol. The Bertz CT molecular complexity index is 384. The van der Waals surface area contributed by atoms with Crippen LogP contribution in [0.25, 0.3) is 0 Å². The summed E-state index contributed by atoms with van der Waals surface area (Å²) in [5.41, 5.74) is 7.79. The molecule has 0 atom stereocenters. The first kappa shape index (κ1) is 12.4. The Kier molecular flexibility index (Phi) is 3.69. The summed E-state index contributed by atoms with van der Waals surface area (Å²) in [6.45, 7) is 0.426. The molecular weight excluding hydrogens is 214 g/mol. The van der Waals surface area contributed by atoms with Gasteiger partial charge in [0.1, 0.15) is 5.75 Å². The van der Waals surface area contributed by atoms with Crippen molar-refractivity contribution in [2.24, 2.45) is 5.73 Å². The van der Waals surface area contributed by atoms with Crippen molar-refractivity contribution in [1.29, 1.82) is 0 Å². The van der Waals surface area contributed by atoms with Crippen molar-refractivity contribution < 1.29 is 9.84 Å². The third kappa shape index (κ3) is 2.45. The molecule has 3 nitrogen and oxygen atoms in total. The average Bonchev–Trinajstić information content (AvgIpc) is 2.33. The number of phenolic OH excluding ortho intramolecular Hbond substituents is 1. The third-order valence-corrected chi connectivity index (χ3v) is 3.70. The first-order valence-corrected chi connectivity index (χ1v) is 6.26. The summed E-state index contributed by atoms with van der Waals surface area (Å²) in [7, 11) is 1.63. The molecule has 17 heavy (non-hydrogen) atoms. The maximum Gasteiger partial charge on any atom is 0.126 e. The van der Waals surface area contributed by atoms with Crippen molar-refractivity contribution in [2.75, 3.05) is 7.11 Å². The van der Waals surface area contributed by atoms with Crippen LogP contribution in [0.3, 0.4) is 0 Å². The van der Waals surface area contributed by atoms with Gasteiger partial charge in [-0.05, 0) is 12.8 Å². The number of hydrogen-bond acceptors (Lipinski definition) is 3. The molecule has 1 aromatic carbocycles. The van der Waals surface area contributed by atoms with E-state index in [-0.39, 0.29) is 5.54 Å². The second-order valence-corrected chi connectivity index (χ2v) is 4.96. The highest BCUT2D eigenvalue weighted by molar-refractivity contribution is 5.44. The van der Waals surface area contributed by atoms with Crippen LogP contribution < -0.4 is 5.73 Å². The summed E-state index contributed by atoms with van der Waals surface area (Å²) in [6.07, 6.45) is 5.44. The van der Waals surface area contributed by atoms with Gasteiger partial charge in [0.05, 0.1) is 6.61 Å². The molecule has 0 unspecified atom stereocenters. The van der Waals surface area contributed by atoms with Gasteiger partial charge < -0.3 is 15.6 Å². The van der Waals surface area contributed by atoms with E-state index in [9.17, 15) is 5.11 Å². The predicted molar refractivity (Wildman–Crippen MR) is 67.8 cm³/mol. The van der Waals surface area contributed by atoms with Crippen LogP contribution in [0.4, 0.5) is 0 Å². The van der Waals surface area contributed by atoms with Gasteiger partial charge in [-0.25, -0.2) is 0 Å². The summed E-state index contributed by atoms with van der Waals surface area (Å²) < 4.78 is 5.08. The minimum absolute atomic E-state index is 0.318. The Morgan fingerprint density at radius 3 is 2.65 bits per heavy atom. The van der Waals surface area contributed by atoms with Crippen molar-refractivity contribution in [1.82, 2.24) is 0 Å². The van der Waals surface area contributed by atoms with E-state index in [1.807, 2.05) is 18.2 Å². The number of phenols is 1. The first-order chi connectivity index (χ1) is 8.17. The topological polar surface area (TPSA) is 55.5 Å². The van der Waals surface area contributed by atoms with Crippen LogP contribution in [-0.4, -0.2) is 12.2 Å². The minimum Gasteiger partial charge on any atom is -0.507 e. The quantitative estimate of drug-likeness (QED) is 0.846. The van der Waals surface area contributed by atoms with Crippen LogP contribution in [-0.2, 0) is 16.9 Å². The van der Waals surface area contributed by atoms with Gasteiger partial charge in [0, 0.05) is 23.8 Å². The van der Waals surface area contributed by atoms with Gasteiger partial charge in [-0.2, -0.15) is 0 Å². The van der Waals surface area contributed by atoms with Crippen molar-refractivity contribution >= 4 is 0 Å². The zero-order valence-corrected chi connectivity index (χ0v) is 10.4. The zero-order valence-electron chi connectivity index (χ0n) is 10.4. The Labute approximate surface area is 103 Å². The molecule has 0 bridgehead atoms. The van der Waals surface area contributed by atoms with Gasteiger partial charge in [-0.1, -0.05) is 37.5 Å². The van der Waals surface area contributed by atoms with E-state index in [1.54, 1.807) is 7.11 Å². The first-order valence-electron chi connectivity index (χ1n) is 6.26. The van der Waals surface area contributed by atoms with E-state index in [4.69, 9.17) is 10.5 Å². The molecule has 1 aromatic rings. The molecule has 0 aliphatic heterocycles. The Morgan fingerprint density at radius 2 is 2.00 bits per heavy atom. The van der Waals surface area contributed by atoms with Crippen molar-refractivity contribution in [3.63, 3.8) is 0 Å². The fraction of sp³-hybridized carbons (Fsp3) is 0.571. The lowest BCUT2D eigenvalue weighted by atomic mass is 9.76. The molecule has 0 aromatic heterocycles. The number of benzene rings is 1. The van der Waals surface area contributed by atoms with E-state index in [1.165, 1.54) is 6.42 Å². The molecule has 94 valence electrons. The fourth-order valence-corrected chi connectivity index (χ4v) is 2.72. The number of rotatable bonds is 3. The molecule has 1 saturated carbocycles. The highest BCUT2D eigenvalue weighted by Crippen LogP contribution is 2.40. The summed E-state index contributed by atoms with van der Waals surface area (Å²) in [5.74, 6) is 0.318. The zero-order chi connectivity index (χ0) is 12.3. The van der Waals surface area contributed by atoms with Crippen LogP contribution in [0, 0.1) is 0 Å². The molecule has 0 spiro atoms.